The van der Waals surface area contributed by atoms with Crippen LogP contribution in [0.3, 0.4) is 0 Å². The molecule has 1 aromatic heterocycles. The van der Waals surface area contributed by atoms with Crippen LogP contribution in [0.4, 0.5) is 18.0 Å². The number of aromatic nitrogens is 1. The average Bonchev–Trinajstić information content (AvgIpc) is 3.35. The number of amidine groups is 1. The summed E-state index contributed by atoms with van der Waals surface area (Å²) in [5.41, 5.74) is 0.533. The molecule has 37 heavy (non-hydrogen) atoms. The molecule has 2 aliphatic rings. The number of rotatable bonds is 7. The topological polar surface area (TPSA) is 113 Å². The molecule has 0 aliphatic carbocycles. The van der Waals surface area contributed by atoms with Crippen LogP contribution >= 0.6 is 27.3 Å². The predicted molar refractivity (Wildman–Crippen MR) is 131 cm³/mol. The predicted octanol–water partition coefficient (Wildman–Crippen LogP) is 4.70. The Bertz CT molecular complexity index is 1240. The molecule has 9 nitrogen and oxygen atoms in total. The molecule has 3 heterocycles. The molecule has 2 aliphatic heterocycles. The second-order valence-electron chi connectivity index (χ2n) is 8.29. The fraction of sp³-hybridized carbons (Fsp3) is 0.391. The number of hydrogen-bond donors (Lipinski definition) is 2. The summed E-state index contributed by atoms with van der Waals surface area (Å²) in [5, 5.41) is 14.8. The van der Waals surface area contributed by atoms with Crippen molar-refractivity contribution in [3.05, 3.63) is 62.1 Å². The third-order valence-electron chi connectivity index (χ3n) is 5.73. The molecule has 0 amide bonds. The Kier molecular flexibility index (Phi) is 8.19. The van der Waals surface area contributed by atoms with Gasteiger partial charge in [0.1, 0.15) is 17.9 Å². The Hall–Kier alpha value is -2.97. The SMILES string of the molecule is CCOC(=O)OC1=C(CN2CC(F)(F)CC[C@@H]2C(=O)O)NC(c2nccs2)=N[C@@H]1c1ccc(F)cc1Br. The highest BCUT2D eigenvalue weighted by molar-refractivity contribution is 9.10. The van der Waals surface area contributed by atoms with Crippen LogP contribution in [0.2, 0.25) is 0 Å². The minimum atomic E-state index is -3.10. The van der Waals surface area contributed by atoms with Gasteiger partial charge in [0.05, 0.1) is 18.8 Å². The van der Waals surface area contributed by atoms with Gasteiger partial charge in [0.15, 0.2) is 16.6 Å². The molecule has 1 saturated heterocycles. The van der Waals surface area contributed by atoms with Crippen molar-refractivity contribution in [1.82, 2.24) is 15.2 Å². The number of aliphatic carboxylic acids is 1. The van der Waals surface area contributed by atoms with E-state index in [0.717, 1.165) is 4.90 Å². The van der Waals surface area contributed by atoms with Crippen LogP contribution in [0.15, 0.2) is 50.7 Å². The minimum absolute atomic E-state index is 0.00680. The van der Waals surface area contributed by atoms with Gasteiger partial charge in [0.2, 0.25) is 0 Å². The lowest BCUT2D eigenvalue weighted by atomic mass is 9.97. The van der Waals surface area contributed by atoms with Crippen molar-refractivity contribution in [1.29, 1.82) is 0 Å². The Morgan fingerprint density at radius 3 is 2.81 bits per heavy atom. The van der Waals surface area contributed by atoms with Crippen molar-refractivity contribution in [3.8, 4) is 0 Å². The summed E-state index contributed by atoms with van der Waals surface area (Å²) in [6, 6.07) is 1.63. The van der Waals surface area contributed by atoms with Crippen molar-refractivity contribution in [2.24, 2.45) is 4.99 Å². The van der Waals surface area contributed by atoms with Crippen molar-refractivity contribution >= 4 is 45.2 Å². The standard InChI is InChI=1S/C23H22BrF3N4O5S/c1-2-35-22(34)36-18-15(10-31-11-23(26,27)6-5-16(31)21(32)33)29-19(20-28-7-8-37-20)30-17(18)13-4-3-12(25)9-14(13)24/h3-4,7-9,16-17H,2,5-6,10-11H2,1H3,(H,29,30)(H,32,33)/t16-,17-/m1/s1. The molecule has 14 heteroatoms. The van der Waals surface area contributed by atoms with Gasteiger partial charge in [0.25, 0.3) is 5.92 Å². The number of nitrogens with zero attached hydrogens (tertiary/aromatic N) is 3. The van der Waals surface area contributed by atoms with E-state index in [4.69, 9.17) is 9.47 Å². The van der Waals surface area contributed by atoms with Gasteiger partial charge < -0.3 is 19.9 Å². The van der Waals surface area contributed by atoms with Crippen LogP contribution in [0.25, 0.3) is 0 Å². The van der Waals surface area contributed by atoms with Gasteiger partial charge in [-0.2, -0.15) is 0 Å². The first-order valence-corrected chi connectivity index (χ1v) is 12.9. The number of benzene rings is 1. The number of nitrogens with one attached hydrogen (secondary N) is 1. The maximum atomic E-state index is 14.3. The molecule has 2 N–H and O–H groups in total. The highest BCUT2D eigenvalue weighted by atomic mass is 79.9. The zero-order valence-corrected chi connectivity index (χ0v) is 21.8. The van der Waals surface area contributed by atoms with E-state index in [1.54, 1.807) is 18.5 Å². The van der Waals surface area contributed by atoms with Crippen LogP contribution in [0.5, 0.6) is 0 Å². The number of thiazole rings is 1. The van der Waals surface area contributed by atoms with E-state index in [0.29, 0.717) is 15.0 Å². The number of halogens is 4. The fourth-order valence-electron chi connectivity index (χ4n) is 4.11. The van der Waals surface area contributed by atoms with Crippen LogP contribution < -0.4 is 5.32 Å². The molecule has 1 fully saturated rings. The number of hydrogen-bond acceptors (Lipinski definition) is 9. The number of carboxylic acids is 1. The Morgan fingerprint density at radius 2 is 2.16 bits per heavy atom. The first kappa shape index (κ1) is 27.1. The molecular formula is C23H22BrF3N4O5S. The molecule has 0 saturated carbocycles. The van der Waals surface area contributed by atoms with Crippen LogP contribution in [-0.4, -0.2) is 64.6 Å². The van der Waals surface area contributed by atoms with Gasteiger partial charge in [-0.3, -0.25) is 9.69 Å². The first-order valence-electron chi connectivity index (χ1n) is 11.2. The highest BCUT2D eigenvalue weighted by Gasteiger charge is 2.44. The molecule has 0 bridgehead atoms. The third-order valence-corrected chi connectivity index (χ3v) is 7.19. The number of ether oxygens (including phenoxy) is 2. The summed E-state index contributed by atoms with van der Waals surface area (Å²) in [6.07, 6.45) is -0.334. The van der Waals surface area contributed by atoms with Crippen molar-refractivity contribution < 1.29 is 37.3 Å². The summed E-state index contributed by atoms with van der Waals surface area (Å²) in [7, 11) is 0. The van der Waals surface area contributed by atoms with Gasteiger partial charge in [-0.05, 0) is 31.0 Å². The largest absolute Gasteiger partial charge is 0.513 e. The number of aliphatic imine (C=N–C) groups is 1. The molecular weight excluding hydrogens is 581 g/mol. The molecule has 1 aromatic carbocycles. The Labute approximate surface area is 222 Å². The maximum absolute atomic E-state index is 14.3. The second kappa shape index (κ2) is 11.2. The number of alkyl halides is 2. The maximum Gasteiger partial charge on any atom is 0.513 e. The van der Waals surface area contributed by atoms with Crippen molar-refractivity contribution in [3.63, 3.8) is 0 Å². The summed E-state index contributed by atoms with van der Waals surface area (Å²) in [5.74, 6) is -4.71. The fourth-order valence-corrected chi connectivity index (χ4v) is 5.27. The molecule has 0 radical (unpaired) electrons. The summed E-state index contributed by atoms with van der Waals surface area (Å²) < 4.78 is 53.3. The molecule has 2 atom stereocenters. The quantitative estimate of drug-likeness (QED) is 0.438. The van der Waals surface area contributed by atoms with E-state index in [9.17, 15) is 27.9 Å². The van der Waals surface area contributed by atoms with E-state index in [2.05, 4.69) is 31.2 Å². The van der Waals surface area contributed by atoms with Gasteiger partial charge in [-0.25, -0.2) is 27.9 Å². The van der Waals surface area contributed by atoms with Crippen LogP contribution in [0, 0.1) is 5.82 Å². The second-order valence-corrected chi connectivity index (χ2v) is 10.0. The Morgan fingerprint density at radius 1 is 1.38 bits per heavy atom. The van der Waals surface area contributed by atoms with E-state index in [1.807, 2.05) is 0 Å². The Balaban J connectivity index is 1.83. The van der Waals surface area contributed by atoms with E-state index >= 15 is 0 Å². The molecule has 0 unspecified atom stereocenters. The minimum Gasteiger partial charge on any atom is -0.480 e. The summed E-state index contributed by atoms with van der Waals surface area (Å²) in [6.45, 7) is 0.444. The lowest BCUT2D eigenvalue weighted by Crippen LogP contribution is -2.54. The smallest absolute Gasteiger partial charge is 0.480 e. The number of piperidine rings is 1. The van der Waals surface area contributed by atoms with Crippen molar-refractivity contribution in [2.45, 2.75) is 37.8 Å². The first-order chi connectivity index (χ1) is 17.6. The summed E-state index contributed by atoms with van der Waals surface area (Å²) in [4.78, 5) is 34.2. The normalized spacial score (nSPS) is 21.7. The lowest BCUT2D eigenvalue weighted by Gasteiger charge is -2.38. The van der Waals surface area contributed by atoms with E-state index in [-0.39, 0.29) is 36.9 Å². The van der Waals surface area contributed by atoms with Crippen LogP contribution in [-0.2, 0) is 14.3 Å². The number of carbonyl (C=O) groups excluding carboxylic acids is 1. The zero-order chi connectivity index (χ0) is 26.7. The molecule has 2 aromatic rings. The van der Waals surface area contributed by atoms with Gasteiger partial charge in [0, 0.05) is 29.0 Å². The number of likely N-dealkylation sites (tertiary alicyclic amines) is 1. The average molecular weight is 603 g/mol. The summed E-state index contributed by atoms with van der Waals surface area (Å²) >= 11 is 4.56. The van der Waals surface area contributed by atoms with Gasteiger partial charge in [-0.1, -0.05) is 22.0 Å². The zero-order valence-electron chi connectivity index (χ0n) is 19.4. The highest BCUT2D eigenvalue weighted by Crippen LogP contribution is 2.38. The number of carboxylic acid groups (broad SMARTS) is 1. The van der Waals surface area contributed by atoms with E-state index in [1.165, 1.54) is 29.5 Å². The number of carbonyl (C=O) groups is 2. The van der Waals surface area contributed by atoms with Gasteiger partial charge >= 0.3 is 12.1 Å². The lowest BCUT2D eigenvalue weighted by molar-refractivity contribution is -0.151. The molecule has 4 rings (SSSR count). The van der Waals surface area contributed by atoms with Crippen LogP contribution in [0.1, 0.15) is 36.4 Å². The molecule has 0 spiro atoms. The molecule has 198 valence electrons. The van der Waals surface area contributed by atoms with E-state index < -0.39 is 48.9 Å². The van der Waals surface area contributed by atoms with Crippen molar-refractivity contribution in [2.75, 3.05) is 19.7 Å². The third kappa shape index (κ3) is 6.30. The van der Waals surface area contributed by atoms with Gasteiger partial charge in [-0.15, -0.1) is 11.3 Å². The monoisotopic (exact) mass is 602 g/mol.